The van der Waals surface area contributed by atoms with Gasteiger partial charge in [-0.2, -0.15) is 0 Å². The van der Waals surface area contributed by atoms with E-state index in [1.807, 2.05) is 0 Å². The third-order valence-electron chi connectivity index (χ3n) is 7.10. The highest BCUT2D eigenvalue weighted by Gasteiger charge is 2.51. The van der Waals surface area contributed by atoms with E-state index in [1.165, 1.54) is 0 Å². The number of aliphatic hydroxyl groups excluding tert-OH is 7. The molecule has 17 nitrogen and oxygen atoms in total. The molecule has 1 saturated carbocycles. The van der Waals surface area contributed by atoms with Gasteiger partial charge < -0.3 is 81.9 Å². The zero-order chi connectivity index (χ0) is 30.1. The molecule has 234 valence electrons. The van der Waals surface area contributed by atoms with E-state index in [-0.39, 0.29) is 13.0 Å². The first kappa shape index (κ1) is 33.2. The Balaban J connectivity index is 1.69. The molecule has 0 aromatic rings. The van der Waals surface area contributed by atoms with Crippen LogP contribution in [0.3, 0.4) is 0 Å². The van der Waals surface area contributed by atoms with Crippen LogP contribution in [0.15, 0.2) is 0 Å². The maximum atomic E-state index is 12.0. The van der Waals surface area contributed by atoms with Gasteiger partial charge in [0.15, 0.2) is 12.6 Å². The Bertz CT molecular complexity index is 835. The Morgan fingerprint density at radius 3 is 1.85 bits per heavy atom. The number of amides is 1. The van der Waals surface area contributed by atoms with E-state index in [9.17, 15) is 40.5 Å². The third kappa shape index (κ3) is 7.56. The molecule has 0 unspecified atom stereocenters. The number of alkyl carbamates (subject to hydrolysis) is 1. The number of nitrogens with two attached hydrogens (primary N) is 3. The van der Waals surface area contributed by atoms with Gasteiger partial charge in [-0.3, -0.25) is 0 Å². The molecule has 2 saturated heterocycles. The zero-order valence-corrected chi connectivity index (χ0v) is 22.6. The van der Waals surface area contributed by atoms with E-state index >= 15 is 0 Å². The van der Waals surface area contributed by atoms with Crippen molar-refractivity contribution >= 4 is 6.09 Å². The number of nitrogens with one attached hydrogen (secondary N) is 1. The van der Waals surface area contributed by atoms with Crippen LogP contribution in [0.2, 0.25) is 0 Å². The topological polar surface area (TPSA) is 295 Å². The van der Waals surface area contributed by atoms with Crippen molar-refractivity contribution in [3.8, 4) is 0 Å². The van der Waals surface area contributed by atoms with Gasteiger partial charge in [0.05, 0.1) is 12.6 Å². The van der Waals surface area contributed by atoms with E-state index in [0.29, 0.717) is 0 Å². The summed E-state index contributed by atoms with van der Waals surface area (Å²) in [6.45, 7) is 4.05. The molecule has 2 aliphatic heterocycles. The van der Waals surface area contributed by atoms with Gasteiger partial charge in [-0.25, -0.2) is 4.79 Å². The van der Waals surface area contributed by atoms with E-state index in [2.05, 4.69) is 5.32 Å². The maximum Gasteiger partial charge on any atom is 0.407 e. The minimum atomic E-state index is -1.77. The lowest BCUT2D eigenvalue weighted by Crippen LogP contribution is -2.68. The van der Waals surface area contributed by atoms with E-state index in [4.69, 9.17) is 40.9 Å². The van der Waals surface area contributed by atoms with Gasteiger partial charge in [0.1, 0.15) is 66.6 Å². The first-order valence-electron chi connectivity index (χ1n) is 13.1. The fraction of sp³-hybridized carbons (Fsp3) is 0.957. The van der Waals surface area contributed by atoms with Gasteiger partial charge in [-0.05, 0) is 27.2 Å². The first-order chi connectivity index (χ1) is 18.5. The maximum absolute atomic E-state index is 12.0. The Kier molecular flexibility index (Phi) is 11.1. The summed E-state index contributed by atoms with van der Waals surface area (Å²) in [5, 5.41) is 74.8. The van der Waals surface area contributed by atoms with Gasteiger partial charge in [-0.1, -0.05) is 0 Å². The smallest absolute Gasteiger partial charge is 0.407 e. The second-order valence-corrected chi connectivity index (χ2v) is 11.4. The average molecular weight is 585 g/mol. The van der Waals surface area contributed by atoms with Gasteiger partial charge >= 0.3 is 6.09 Å². The lowest BCUT2D eigenvalue weighted by atomic mass is 9.84. The molecule has 0 spiro atoms. The molecule has 17 heteroatoms. The van der Waals surface area contributed by atoms with Crippen molar-refractivity contribution in [2.75, 3.05) is 13.2 Å². The van der Waals surface area contributed by atoms with E-state index < -0.39 is 110 Å². The minimum absolute atomic E-state index is 0.0327. The van der Waals surface area contributed by atoms with Crippen molar-refractivity contribution in [2.24, 2.45) is 17.2 Å². The van der Waals surface area contributed by atoms with Crippen molar-refractivity contribution in [1.82, 2.24) is 5.32 Å². The monoisotopic (exact) mass is 584 g/mol. The highest BCUT2D eigenvalue weighted by molar-refractivity contribution is 5.67. The quantitative estimate of drug-likeness (QED) is 0.133. The van der Waals surface area contributed by atoms with Crippen LogP contribution in [0.1, 0.15) is 27.2 Å². The van der Waals surface area contributed by atoms with Crippen LogP contribution >= 0.6 is 0 Å². The predicted octanol–water partition coefficient (Wildman–Crippen LogP) is -5.73. The van der Waals surface area contributed by atoms with Crippen LogP contribution in [0.4, 0.5) is 4.79 Å². The van der Waals surface area contributed by atoms with E-state index in [1.54, 1.807) is 20.8 Å². The molecule has 1 amide bonds. The Morgan fingerprint density at radius 1 is 0.800 bits per heavy atom. The van der Waals surface area contributed by atoms with Crippen LogP contribution in [0, 0.1) is 0 Å². The van der Waals surface area contributed by atoms with Crippen LogP contribution in [-0.4, -0.2) is 152 Å². The fourth-order valence-electron chi connectivity index (χ4n) is 4.87. The summed E-state index contributed by atoms with van der Waals surface area (Å²) in [7, 11) is 0. The number of carbonyl (C=O) groups excluding carboxylic acids is 1. The lowest BCUT2D eigenvalue weighted by molar-refractivity contribution is -0.332. The molecule has 0 aromatic heterocycles. The van der Waals surface area contributed by atoms with Crippen molar-refractivity contribution < 1.29 is 64.2 Å². The van der Waals surface area contributed by atoms with Crippen molar-refractivity contribution in [3.05, 3.63) is 0 Å². The second-order valence-electron chi connectivity index (χ2n) is 11.4. The summed E-state index contributed by atoms with van der Waals surface area (Å²) in [6.07, 6.45) is -18.4. The summed E-state index contributed by atoms with van der Waals surface area (Å²) in [6, 6.07) is -3.02. The van der Waals surface area contributed by atoms with Gasteiger partial charge in [0.25, 0.3) is 0 Å². The number of ether oxygens (including phenoxy) is 5. The molecule has 0 radical (unpaired) electrons. The normalized spacial score (nSPS) is 46.6. The van der Waals surface area contributed by atoms with Crippen molar-refractivity contribution in [3.63, 3.8) is 0 Å². The minimum Gasteiger partial charge on any atom is -0.444 e. The number of carbonyl (C=O) groups is 1. The molecular weight excluding hydrogens is 540 g/mol. The molecule has 0 bridgehead atoms. The van der Waals surface area contributed by atoms with Crippen LogP contribution in [-0.2, 0) is 23.7 Å². The molecule has 2 heterocycles. The molecule has 1 aliphatic carbocycles. The number of rotatable bonds is 7. The summed E-state index contributed by atoms with van der Waals surface area (Å²) in [4.78, 5) is 12.0. The molecule has 3 rings (SSSR count). The predicted molar refractivity (Wildman–Crippen MR) is 133 cm³/mol. The zero-order valence-electron chi connectivity index (χ0n) is 22.6. The number of aliphatic hydroxyl groups is 7. The average Bonchev–Trinajstić information content (AvgIpc) is 2.86. The molecule has 14 N–H and O–H groups in total. The molecule has 3 aliphatic rings. The van der Waals surface area contributed by atoms with Crippen molar-refractivity contribution in [1.29, 1.82) is 0 Å². The Labute approximate surface area is 231 Å². The molecule has 3 fully saturated rings. The Hall–Kier alpha value is -1.29. The highest BCUT2D eigenvalue weighted by atomic mass is 16.7. The first-order valence-corrected chi connectivity index (χ1v) is 13.1. The van der Waals surface area contributed by atoms with Crippen LogP contribution in [0.25, 0.3) is 0 Å². The Morgan fingerprint density at radius 2 is 1.32 bits per heavy atom. The lowest BCUT2D eigenvalue weighted by Gasteiger charge is -2.48. The fourth-order valence-corrected chi connectivity index (χ4v) is 4.87. The molecule has 40 heavy (non-hydrogen) atoms. The summed E-state index contributed by atoms with van der Waals surface area (Å²) < 4.78 is 27.7. The molecule has 0 aromatic carbocycles. The molecular formula is C23H44N4O13. The summed E-state index contributed by atoms with van der Waals surface area (Å²) in [5.41, 5.74) is 17.4. The SMILES string of the molecule is CC(C)(C)OC(=O)NC[C@H]1O[C@H](O[C@H]2[C@H](O)[C@@H](O[C@H]3O[C@H](CO)[C@@H](O)[C@H](N)[C@H]3O)[C@H](N)C[C@@H]2N)[C@H](O)[C@@H](O)[C@@H]1O. The molecule has 15 atom stereocenters. The van der Waals surface area contributed by atoms with Gasteiger partial charge in [0, 0.05) is 18.6 Å². The summed E-state index contributed by atoms with van der Waals surface area (Å²) >= 11 is 0. The number of hydrogen-bond donors (Lipinski definition) is 11. The highest BCUT2D eigenvalue weighted by Crippen LogP contribution is 2.31. The van der Waals surface area contributed by atoms with Crippen LogP contribution in [0.5, 0.6) is 0 Å². The standard InChI is InChI=1S/C23H44N4O13/c1-23(2,3)40-22(35)27-5-9-13(30)15(32)16(33)21(36-9)39-19-8(25)4-7(24)18(17(19)34)38-20-14(31)11(26)12(29)10(6-28)37-20/h7-21,28-34H,4-6,24-26H2,1-3H3,(H,27,35)/t7-,8+,9-,10-,11+,12-,13-,14-,15+,16-,17-,18+,19-,20-,21-/m1/s1. The van der Waals surface area contributed by atoms with Crippen molar-refractivity contribution in [2.45, 2.75) is 125 Å². The van der Waals surface area contributed by atoms with Crippen LogP contribution < -0.4 is 22.5 Å². The van der Waals surface area contributed by atoms with Gasteiger partial charge in [-0.15, -0.1) is 0 Å². The van der Waals surface area contributed by atoms with Gasteiger partial charge in [0.2, 0.25) is 0 Å². The largest absolute Gasteiger partial charge is 0.444 e. The summed E-state index contributed by atoms with van der Waals surface area (Å²) in [5.74, 6) is 0. The third-order valence-corrected chi connectivity index (χ3v) is 7.10. The van der Waals surface area contributed by atoms with E-state index in [0.717, 1.165) is 0 Å². The second kappa shape index (κ2) is 13.3. The number of hydrogen-bond acceptors (Lipinski definition) is 16.